The van der Waals surface area contributed by atoms with Gasteiger partial charge in [-0.3, -0.25) is 0 Å². The molecule has 0 atom stereocenters. The maximum absolute atomic E-state index is 12.8. The van der Waals surface area contributed by atoms with Gasteiger partial charge in [0.25, 0.3) is 5.88 Å². The van der Waals surface area contributed by atoms with Crippen LogP contribution in [-0.2, 0) is 5.41 Å². The molecule has 0 spiro atoms. The fraction of sp³-hybridized carbons (Fsp3) is 0.667. The smallest absolute Gasteiger partial charge is 0.254 e. The molecule has 1 aromatic heterocycles. The van der Waals surface area contributed by atoms with Gasteiger partial charge in [0, 0.05) is 25.5 Å². The Balaban J connectivity index is 2.21. The van der Waals surface area contributed by atoms with E-state index in [0.717, 1.165) is 0 Å². The first-order valence-corrected chi connectivity index (χ1v) is 4.60. The fourth-order valence-corrected chi connectivity index (χ4v) is 1.96. The van der Waals surface area contributed by atoms with E-state index in [1.807, 2.05) is 0 Å². The molecule has 0 aliphatic heterocycles. The Labute approximate surface area is 85.4 Å². The third-order valence-electron chi connectivity index (χ3n) is 2.81. The zero-order valence-electron chi connectivity index (χ0n) is 8.30. The summed E-state index contributed by atoms with van der Waals surface area (Å²) in [6, 6.07) is 1.52. The lowest BCUT2D eigenvalue weighted by Crippen LogP contribution is -2.53. The van der Waals surface area contributed by atoms with Gasteiger partial charge in [0.05, 0.1) is 12.5 Å². The molecule has 2 N–H and O–H groups in total. The van der Waals surface area contributed by atoms with Crippen LogP contribution >= 0.6 is 0 Å². The Bertz CT molecular complexity index is 357. The minimum absolute atomic E-state index is 0.126. The average Bonchev–Trinajstić information content (AvgIpc) is 2.61. The third-order valence-corrected chi connectivity index (χ3v) is 2.81. The van der Waals surface area contributed by atoms with Crippen molar-refractivity contribution in [2.75, 3.05) is 13.7 Å². The van der Waals surface area contributed by atoms with E-state index >= 15 is 0 Å². The monoisotopic (exact) mass is 218 g/mol. The molecule has 0 amide bonds. The highest BCUT2D eigenvalue weighted by Gasteiger charge is 2.58. The van der Waals surface area contributed by atoms with Crippen LogP contribution in [0.4, 0.5) is 8.78 Å². The van der Waals surface area contributed by atoms with Crippen LogP contribution < -0.4 is 10.5 Å². The quantitative estimate of drug-likeness (QED) is 0.830. The molecule has 4 nitrogen and oxygen atoms in total. The molecule has 0 bridgehead atoms. The van der Waals surface area contributed by atoms with E-state index < -0.39 is 11.3 Å². The van der Waals surface area contributed by atoms with E-state index in [4.69, 9.17) is 15.0 Å². The van der Waals surface area contributed by atoms with Crippen molar-refractivity contribution in [3.63, 3.8) is 0 Å². The average molecular weight is 218 g/mol. The second-order valence-electron chi connectivity index (χ2n) is 3.93. The van der Waals surface area contributed by atoms with Crippen molar-refractivity contribution in [1.82, 2.24) is 5.16 Å². The van der Waals surface area contributed by atoms with Gasteiger partial charge in [-0.25, -0.2) is 8.78 Å². The minimum Gasteiger partial charge on any atom is -0.479 e. The number of rotatable bonds is 3. The highest BCUT2D eigenvalue weighted by Crippen LogP contribution is 2.53. The molecule has 6 heteroatoms. The number of alkyl halides is 2. The molecular weight excluding hydrogens is 206 g/mol. The molecule has 1 aliphatic carbocycles. The maximum Gasteiger partial charge on any atom is 0.254 e. The Kier molecular flexibility index (Phi) is 2.18. The molecule has 1 heterocycles. The van der Waals surface area contributed by atoms with Crippen molar-refractivity contribution >= 4 is 0 Å². The fourth-order valence-electron chi connectivity index (χ4n) is 1.96. The lowest BCUT2D eigenvalue weighted by Gasteiger charge is -2.44. The molecule has 1 fully saturated rings. The summed E-state index contributed by atoms with van der Waals surface area (Å²) >= 11 is 0. The second-order valence-corrected chi connectivity index (χ2v) is 3.93. The van der Waals surface area contributed by atoms with Crippen LogP contribution in [-0.4, -0.2) is 24.7 Å². The summed E-state index contributed by atoms with van der Waals surface area (Å²) in [7, 11) is 1.44. The van der Waals surface area contributed by atoms with Gasteiger partial charge in [-0.2, -0.15) is 0 Å². The normalized spacial score (nSPS) is 22.1. The van der Waals surface area contributed by atoms with E-state index in [1.165, 1.54) is 13.2 Å². The molecule has 0 saturated heterocycles. The van der Waals surface area contributed by atoms with E-state index in [-0.39, 0.29) is 25.3 Å². The SMILES string of the molecule is COc1cc(C2(CN)CC(F)(F)C2)on1. The molecule has 1 saturated carbocycles. The zero-order chi connectivity index (χ0) is 11.1. The van der Waals surface area contributed by atoms with Gasteiger partial charge in [-0.1, -0.05) is 0 Å². The minimum atomic E-state index is -2.64. The van der Waals surface area contributed by atoms with Crippen LogP contribution in [0.25, 0.3) is 0 Å². The topological polar surface area (TPSA) is 61.3 Å². The summed E-state index contributed by atoms with van der Waals surface area (Å²) in [6.45, 7) is 0.126. The molecule has 0 unspecified atom stereocenters. The van der Waals surface area contributed by atoms with E-state index in [0.29, 0.717) is 5.76 Å². The van der Waals surface area contributed by atoms with Gasteiger partial charge in [-0.15, -0.1) is 0 Å². The predicted molar refractivity (Wildman–Crippen MR) is 48.0 cm³/mol. The molecule has 2 rings (SSSR count). The summed E-state index contributed by atoms with van der Waals surface area (Å²) in [5, 5.41) is 3.58. The highest BCUT2D eigenvalue weighted by atomic mass is 19.3. The summed E-state index contributed by atoms with van der Waals surface area (Å²) < 4.78 is 35.5. The molecule has 0 aromatic carbocycles. The second kappa shape index (κ2) is 3.16. The number of nitrogens with two attached hydrogens (primary N) is 1. The molecule has 84 valence electrons. The maximum atomic E-state index is 12.8. The van der Waals surface area contributed by atoms with Gasteiger partial charge in [0.2, 0.25) is 5.92 Å². The predicted octanol–water partition coefficient (Wildman–Crippen LogP) is 1.31. The van der Waals surface area contributed by atoms with E-state index in [9.17, 15) is 8.78 Å². The lowest BCUT2D eigenvalue weighted by molar-refractivity contribution is -0.130. The van der Waals surface area contributed by atoms with Crippen LogP contribution in [0.1, 0.15) is 18.6 Å². The molecule has 15 heavy (non-hydrogen) atoms. The van der Waals surface area contributed by atoms with Crippen molar-refractivity contribution in [2.24, 2.45) is 5.73 Å². The van der Waals surface area contributed by atoms with Gasteiger partial charge < -0.3 is 15.0 Å². The van der Waals surface area contributed by atoms with Crippen molar-refractivity contribution in [2.45, 2.75) is 24.2 Å². The number of nitrogens with zero attached hydrogens (tertiary/aromatic N) is 1. The van der Waals surface area contributed by atoms with E-state index in [1.54, 1.807) is 0 Å². The van der Waals surface area contributed by atoms with Crippen molar-refractivity contribution in [1.29, 1.82) is 0 Å². The number of methoxy groups -OCH3 is 1. The first-order chi connectivity index (χ1) is 7.01. The van der Waals surface area contributed by atoms with Crippen molar-refractivity contribution < 1.29 is 18.0 Å². The van der Waals surface area contributed by atoms with Crippen molar-refractivity contribution in [3.05, 3.63) is 11.8 Å². The Morgan fingerprint density at radius 3 is 2.67 bits per heavy atom. The Hall–Kier alpha value is -1.17. The van der Waals surface area contributed by atoms with Crippen LogP contribution in [0.5, 0.6) is 5.88 Å². The van der Waals surface area contributed by atoms with Gasteiger partial charge in [-0.05, 0) is 5.16 Å². The largest absolute Gasteiger partial charge is 0.479 e. The standard InChI is InChI=1S/C9H12F2N2O2/c1-14-7-2-6(15-13-7)8(5-12)3-9(10,11)4-8/h2H,3-5,12H2,1H3. The summed E-state index contributed by atoms with van der Waals surface area (Å²) in [5.41, 5.74) is 4.74. The molecule has 1 aromatic rings. The van der Waals surface area contributed by atoms with Gasteiger partial charge in [0.1, 0.15) is 5.76 Å². The number of halogens is 2. The highest BCUT2D eigenvalue weighted by molar-refractivity contribution is 5.26. The Morgan fingerprint density at radius 2 is 2.27 bits per heavy atom. The van der Waals surface area contributed by atoms with Crippen LogP contribution in [0.3, 0.4) is 0 Å². The van der Waals surface area contributed by atoms with Crippen LogP contribution in [0.2, 0.25) is 0 Å². The van der Waals surface area contributed by atoms with E-state index in [2.05, 4.69) is 5.16 Å². The van der Waals surface area contributed by atoms with Crippen LogP contribution in [0, 0.1) is 0 Å². The molecule has 1 aliphatic rings. The third kappa shape index (κ3) is 1.58. The zero-order valence-corrected chi connectivity index (χ0v) is 8.30. The molecule has 0 radical (unpaired) electrons. The number of aromatic nitrogens is 1. The lowest BCUT2D eigenvalue weighted by atomic mass is 9.64. The Morgan fingerprint density at radius 1 is 1.60 bits per heavy atom. The number of ether oxygens (including phenoxy) is 1. The van der Waals surface area contributed by atoms with Gasteiger partial charge >= 0.3 is 0 Å². The first kappa shape index (κ1) is 10.4. The van der Waals surface area contributed by atoms with Crippen LogP contribution in [0.15, 0.2) is 10.6 Å². The molecular formula is C9H12F2N2O2. The first-order valence-electron chi connectivity index (χ1n) is 4.60. The van der Waals surface area contributed by atoms with Crippen molar-refractivity contribution in [3.8, 4) is 5.88 Å². The number of hydrogen-bond acceptors (Lipinski definition) is 4. The number of hydrogen-bond donors (Lipinski definition) is 1. The summed E-state index contributed by atoms with van der Waals surface area (Å²) in [6.07, 6.45) is -0.566. The summed E-state index contributed by atoms with van der Waals surface area (Å²) in [5.74, 6) is -1.97. The summed E-state index contributed by atoms with van der Waals surface area (Å²) in [4.78, 5) is 0. The van der Waals surface area contributed by atoms with Gasteiger partial charge in [0.15, 0.2) is 0 Å².